The first kappa shape index (κ1) is 7.77. The summed E-state index contributed by atoms with van der Waals surface area (Å²) in [5, 5.41) is 10.7. The van der Waals surface area contributed by atoms with E-state index in [4.69, 9.17) is 5.41 Å². The van der Waals surface area contributed by atoms with Crippen LogP contribution in [0, 0.1) is 5.41 Å². The average Bonchev–Trinajstić information content (AvgIpc) is 2.19. The van der Waals surface area contributed by atoms with E-state index in [9.17, 15) is 4.79 Å². The fraction of sp³-hybridized carbons (Fsp3) is 0.100. The number of carbonyl (C=O) groups excluding carboxylic acids is 1. The van der Waals surface area contributed by atoms with Crippen LogP contribution in [0.15, 0.2) is 29.8 Å². The van der Waals surface area contributed by atoms with Crippen LogP contribution in [0.2, 0.25) is 0 Å². The van der Waals surface area contributed by atoms with Crippen molar-refractivity contribution in [2.75, 3.05) is 11.9 Å². The van der Waals surface area contributed by atoms with Gasteiger partial charge in [0.25, 0.3) is 0 Å². The van der Waals surface area contributed by atoms with Gasteiger partial charge in [0.15, 0.2) is 0 Å². The number of para-hydroxylation sites is 1. The summed E-state index contributed by atoms with van der Waals surface area (Å²) < 4.78 is 0. The van der Waals surface area contributed by atoms with Crippen molar-refractivity contribution in [2.45, 2.75) is 0 Å². The Hall–Kier alpha value is -1.86. The Bertz CT molecular complexity index is 417. The molecule has 0 aromatic heterocycles. The van der Waals surface area contributed by atoms with Crippen LogP contribution in [-0.2, 0) is 4.79 Å². The minimum atomic E-state index is 0.282. The lowest BCUT2D eigenvalue weighted by Crippen LogP contribution is -2.21. The zero-order valence-corrected chi connectivity index (χ0v) is 6.92. The molecule has 1 aliphatic rings. The van der Waals surface area contributed by atoms with Gasteiger partial charge in [-0.25, -0.2) is 4.79 Å². The molecule has 3 nitrogen and oxygen atoms in total. The maximum atomic E-state index is 10.4. The van der Waals surface area contributed by atoms with Crippen molar-refractivity contribution in [2.24, 2.45) is 0 Å². The number of fused-ring (bicyclic) bond motifs is 1. The van der Waals surface area contributed by atoms with Crippen molar-refractivity contribution in [3.05, 3.63) is 35.4 Å². The van der Waals surface area contributed by atoms with E-state index in [-0.39, 0.29) is 5.71 Å². The normalized spacial score (nSPS) is 14.5. The summed E-state index contributed by atoms with van der Waals surface area (Å²) in [4.78, 5) is 10.4. The van der Waals surface area contributed by atoms with Gasteiger partial charge in [0.2, 0.25) is 0 Å². The maximum Gasteiger partial charge on any atom is 0.132 e. The highest BCUT2D eigenvalue weighted by Crippen LogP contribution is 2.22. The van der Waals surface area contributed by atoms with Gasteiger partial charge in [-0.05, 0) is 6.07 Å². The maximum absolute atomic E-state index is 10.4. The van der Waals surface area contributed by atoms with Crippen LogP contribution in [0.1, 0.15) is 5.56 Å². The summed E-state index contributed by atoms with van der Waals surface area (Å²) in [5.41, 5.74) is 2.35. The number of benzene rings is 1. The van der Waals surface area contributed by atoms with E-state index in [1.165, 1.54) is 0 Å². The number of hydrogen-bond donors (Lipinski definition) is 2. The van der Waals surface area contributed by atoms with Gasteiger partial charge >= 0.3 is 0 Å². The van der Waals surface area contributed by atoms with Gasteiger partial charge < -0.3 is 5.32 Å². The Morgan fingerprint density at radius 2 is 2.15 bits per heavy atom. The van der Waals surface area contributed by atoms with Crippen molar-refractivity contribution in [1.82, 2.24) is 0 Å². The standard InChI is InChI=1S/C10H8N2O/c11-10-7(6-13)5-12-9-4-2-1-3-8(9)10/h1-4,11-12H,5H2. The fourth-order valence-electron chi connectivity index (χ4n) is 1.38. The van der Waals surface area contributed by atoms with Crippen molar-refractivity contribution in [3.63, 3.8) is 0 Å². The predicted molar refractivity (Wildman–Crippen MR) is 51.0 cm³/mol. The van der Waals surface area contributed by atoms with E-state index in [0.29, 0.717) is 12.1 Å². The molecule has 0 amide bonds. The molecule has 1 aliphatic heterocycles. The Balaban J connectivity index is 2.57. The molecule has 0 bridgehead atoms. The summed E-state index contributed by atoms with van der Waals surface area (Å²) in [7, 11) is 0. The highest BCUT2D eigenvalue weighted by Gasteiger charge is 2.17. The van der Waals surface area contributed by atoms with E-state index >= 15 is 0 Å². The van der Waals surface area contributed by atoms with Crippen LogP contribution in [0.4, 0.5) is 5.69 Å². The van der Waals surface area contributed by atoms with E-state index in [2.05, 4.69) is 5.32 Å². The van der Waals surface area contributed by atoms with E-state index in [1.807, 2.05) is 24.3 Å². The molecule has 3 heteroatoms. The first-order chi connectivity index (χ1) is 6.33. The second kappa shape index (κ2) is 2.88. The average molecular weight is 172 g/mol. The molecule has 2 N–H and O–H groups in total. The molecule has 0 atom stereocenters. The molecular weight excluding hydrogens is 164 g/mol. The summed E-state index contributed by atoms with van der Waals surface area (Å²) in [5.74, 6) is 1.77. The van der Waals surface area contributed by atoms with Gasteiger partial charge in [0, 0.05) is 11.3 Å². The highest BCUT2D eigenvalue weighted by atomic mass is 16.1. The minimum Gasteiger partial charge on any atom is -0.380 e. The van der Waals surface area contributed by atoms with Gasteiger partial charge in [-0.2, -0.15) is 0 Å². The molecule has 0 saturated heterocycles. The van der Waals surface area contributed by atoms with Crippen LogP contribution in [0.25, 0.3) is 0 Å². The topological polar surface area (TPSA) is 53.0 Å². The molecule has 0 saturated carbocycles. The third-order valence-corrected chi connectivity index (χ3v) is 2.08. The van der Waals surface area contributed by atoms with Crippen molar-refractivity contribution < 1.29 is 4.79 Å². The minimum absolute atomic E-state index is 0.282. The number of nitrogens with one attached hydrogen (secondary N) is 2. The molecule has 13 heavy (non-hydrogen) atoms. The molecule has 1 aromatic rings. The Kier molecular flexibility index (Phi) is 1.72. The van der Waals surface area contributed by atoms with E-state index < -0.39 is 0 Å². The zero-order chi connectivity index (χ0) is 9.26. The first-order valence-electron chi connectivity index (χ1n) is 3.99. The smallest absolute Gasteiger partial charge is 0.132 e. The SMILES string of the molecule is N=C1C(=C=O)CNc2ccccc21. The molecule has 0 fully saturated rings. The van der Waals surface area contributed by atoms with Gasteiger partial charge in [0.05, 0.1) is 17.8 Å². The quantitative estimate of drug-likeness (QED) is 0.578. The Morgan fingerprint density at radius 3 is 2.92 bits per heavy atom. The summed E-state index contributed by atoms with van der Waals surface area (Å²) in [6.07, 6.45) is 0. The third-order valence-electron chi connectivity index (χ3n) is 2.08. The van der Waals surface area contributed by atoms with Crippen LogP contribution in [0.3, 0.4) is 0 Å². The summed E-state index contributed by atoms with van der Waals surface area (Å²) in [6.45, 7) is 0.402. The van der Waals surface area contributed by atoms with Crippen molar-refractivity contribution >= 4 is 17.3 Å². The van der Waals surface area contributed by atoms with Crippen LogP contribution >= 0.6 is 0 Å². The lowest BCUT2D eigenvalue weighted by atomic mass is 9.98. The Morgan fingerprint density at radius 1 is 1.38 bits per heavy atom. The van der Waals surface area contributed by atoms with Crippen molar-refractivity contribution in [3.8, 4) is 0 Å². The second-order valence-electron chi connectivity index (χ2n) is 2.85. The molecular formula is C10H8N2O. The van der Waals surface area contributed by atoms with E-state index in [0.717, 1.165) is 11.3 Å². The Labute approximate surface area is 75.6 Å². The molecule has 1 aromatic carbocycles. The molecule has 0 aliphatic carbocycles. The molecule has 0 unspecified atom stereocenters. The number of hydrogen-bond acceptors (Lipinski definition) is 3. The summed E-state index contributed by atoms with van der Waals surface area (Å²) in [6, 6.07) is 7.46. The monoisotopic (exact) mass is 172 g/mol. The highest BCUT2D eigenvalue weighted by molar-refractivity contribution is 6.19. The zero-order valence-electron chi connectivity index (χ0n) is 6.92. The lowest BCUT2D eigenvalue weighted by molar-refractivity contribution is 0.567. The lowest BCUT2D eigenvalue weighted by Gasteiger charge is -2.18. The fourth-order valence-corrected chi connectivity index (χ4v) is 1.38. The number of rotatable bonds is 0. The van der Waals surface area contributed by atoms with Crippen LogP contribution in [0.5, 0.6) is 0 Å². The van der Waals surface area contributed by atoms with Gasteiger partial charge in [-0.1, -0.05) is 18.2 Å². The molecule has 1 heterocycles. The number of anilines is 1. The van der Waals surface area contributed by atoms with Gasteiger partial charge in [-0.3, -0.25) is 5.41 Å². The largest absolute Gasteiger partial charge is 0.380 e. The second-order valence-corrected chi connectivity index (χ2v) is 2.85. The van der Waals surface area contributed by atoms with E-state index in [1.54, 1.807) is 5.94 Å². The third kappa shape index (κ3) is 1.15. The predicted octanol–water partition coefficient (Wildman–Crippen LogP) is 1.24. The van der Waals surface area contributed by atoms with Crippen molar-refractivity contribution in [1.29, 1.82) is 5.41 Å². The molecule has 0 radical (unpaired) electrons. The summed E-state index contributed by atoms with van der Waals surface area (Å²) >= 11 is 0. The molecule has 2 rings (SSSR count). The molecule has 0 spiro atoms. The van der Waals surface area contributed by atoms with Gasteiger partial charge in [0.1, 0.15) is 5.94 Å². The van der Waals surface area contributed by atoms with Gasteiger partial charge in [-0.15, -0.1) is 0 Å². The van der Waals surface area contributed by atoms with Crippen LogP contribution < -0.4 is 5.32 Å². The first-order valence-corrected chi connectivity index (χ1v) is 3.99. The molecule has 64 valence electrons. The van der Waals surface area contributed by atoms with Crippen LogP contribution in [-0.4, -0.2) is 18.2 Å².